The van der Waals surface area contributed by atoms with Gasteiger partial charge in [-0.05, 0) is 55.8 Å². The molecule has 0 spiro atoms. The van der Waals surface area contributed by atoms with E-state index < -0.39 is 0 Å². The molecule has 2 nitrogen and oxygen atoms in total. The number of anilines is 1. The summed E-state index contributed by atoms with van der Waals surface area (Å²) in [6, 6.07) is 9.35. The van der Waals surface area contributed by atoms with Gasteiger partial charge in [0.05, 0.1) is 0 Å². The monoisotopic (exact) mass is 288 g/mol. The predicted octanol–water partition coefficient (Wildman–Crippen LogP) is 4.62. The van der Waals surface area contributed by atoms with Gasteiger partial charge in [0.15, 0.2) is 0 Å². The molecule has 1 N–H and O–H groups in total. The van der Waals surface area contributed by atoms with Crippen LogP contribution in [0.4, 0.5) is 5.69 Å². The number of rotatable bonds is 6. The quantitative estimate of drug-likeness (QED) is 0.821. The molecule has 3 atom stereocenters. The van der Waals surface area contributed by atoms with Crippen molar-refractivity contribution in [2.45, 2.75) is 52.0 Å². The molecule has 1 aromatic carbocycles. The van der Waals surface area contributed by atoms with E-state index in [9.17, 15) is 0 Å². The van der Waals surface area contributed by atoms with Gasteiger partial charge < -0.3 is 10.2 Å². The molecule has 0 aliphatic heterocycles. The van der Waals surface area contributed by atoms with Crippen LogP contribution < -0.4 is 10.2 Å². The molecule has 2 heteroatoms. The Labute approximate surface area is 130 Å². The highest BCUT2D eigenvalue weighted by Gasteiger charge is 2.18. The van der Waals surface area contributed by atoms with E-state index in [2.05, 4.69) is 62.4 Å². The van der Waals surface area contributed by atoms with Gasteiger partial charge in [-0.2, -0.15) is 0 Å². The molecule has 3 unspecified atom stereocenters. The van der Waals surface area contributed by atoms with Crippen LogP contribution in [-0.2, 0) is 0 Å². The van der Waals surface area contributed by atoms with Crippen LogP contribution in [-0.4, -0.2) is 20.6 Å². The van der Waals surface area contributed by atoms with Crippen molar-refractivity contribution in [3.63, 3.8) is 0 Å². The second kappa shape index (κ2) is 7.84. The van der Waals surface area contributed by atoms with Crippen LogP contribution in [0, 0.1) is 11.8 Å². The van der Waals surface area contributed by atoms with Crippen LogP contribution in [0.3, 0.4) is 0 Å². The summed E-state index contributed by atoms with van der Waals surface area (Å²) in [7, 11) is 4.17. The van der Waals surface area contributed by atoms with Gasteiger partial charge >= 0.3 is 0 Å². The topological polar surface area (TPSA) is 15.3 Å². The summed E-state index contributed by atoms with van der Waals surface area (Å²) < 4.78 is 0. The van der Waals surface area contributed by atoms with Crippen LogP contribution in [0.5, 0.6) is 0 Å². The Morgan fingerprint density at radius 1 is 1.19 bits per heavy atom. The second-order valence-electron chi connectivity index (χ2n) is 7.09. The minimum Gasteiger partial charge on any atom is -0.378 e. The molecule has 1 aliphatic carbocycles. The molecule has 0 radical (unpaired) electrons. The number of nitrogens with one attached hydrogen (secondary N) is 1. The molecule has 1 aromatic rings. The normalized spacial score (nSPS) is 23.8. The van der Waals surface area contributed by atoms with E-state index in [-0.39, 0.29) is 0 Å². The SMILES string of the molecule is CC1CCCC(CCNC(C)c2ccc(N(C)C)cc2)C1. The van der Waals surface area contributed by atoms with Gasteiger partial charge in [0, 0.05) is 25.8 Å². The van der Waals surface area contributed by atoms with Gasteiger partial charge in [-0.15, -0.1) is 0 Å². The standard InChI is InChI=1S/C19H32N2/c1-15-6-5-7-17(14-15)12-13-20-16(2)18-8-10-19(11-9-18)21(3)4/h8-11,15-17,20H,5-7,12-14H2,1-4H3. The summed E-state index contributed by atoms with van der Waals surface area (Å²) in [5, 5.41) is 3.70. The first-order valence-electron chi connectivity index (χ1n) is 8.57. The molecular formula is C19H32N2. The van der Waals surface area contributed by atoms with Gasteiger partial charge in [0.1, 0.15) is 0 Å². The van der Waals surface area contributed by atoms with Crippen LogP contribution in [0.15, 0.2) is 24.3 Å². The van der Waals surface area contributed by atoms with Gasteiger partial charge in [-0.25, -0.2) is 0 Å². The first-order valence-corrected chi connectivity index (χ1v) is 8.57. The zero-order valence-corrected chi connectivity index (χ0v) is 14.2. The Hall–Kier alpha value is -1.02. The molecule has 1 saturated carbocycles. The molecule has 0 saturated heterocycles. The van der Waals surface area contributed by atoms with Crippen molar-refractivity contribution in [3.8, 4) is 0 Å². The van der Waals surface area contributed by atoms with E-state index in [1.165, 1.54) is 43.4 Å². The highest BCUT2D eigenvalue weighted by molar-refractivity contribution is 5.46. The third kappa shape index (κ3) is 5.03. The van der Waals surface area contributed by atoms with Crippen molar-refractivity contribution in [3.05, 3.63) is 29.8 Å². The average Bonchev–Trinajstić information content (AvgIpc) is 2.47. The van der Waals surface area contributed by atoms with E-state index in [4.69, 9.17) is 0 Å². The van der Waals surface area contributed by atoms with Crippen LogP contribution >= 0.6 is 0 Å². The van der Waals surface area contributed by atoms with E-state index in [1.807, 2.05) is 0 Å². The molecular weight excluding hydrogens is 256 g/mol. The smallest absolute Gasteiger partial charge is 0.0361 e. The minimum atomic E-state index is 0.447. The minimum absolute atomic E-state index is 0.447. The first kappa shape index (κ1) is 16.4. The van der Waals surface area contributed by atoms with Gasteiger partial charge in [0.25, 0.3) is 0 Å². The molecule has 2 rings (SSSR count). The molecule has 118 valence electrons. The summed E-state index contributed by atoms with van der Waals surface area (Å²) in [6.07, 6.45) is 7.10. The lowest BCUT2D eigenvalue weighted by Crippen LogP contribution is -2.24. The van der Waals surface area contributed by atoms with Crippen molar-refractivity contribution in [2.75, 3.05) is 25.5 Å². The average molecular weight is 288 g/mol. The predicted molar refractivity (Wildman–Crippen MR) is 92.9 cm³/mol. The summed E-state index contributed by atoms with van der Waals surface area (Å²) in [4.78, 5) is 2.14. The zero-order chi connectivity index (χ0) is 15.2. The van der Waals surface area contributed by atoms with Crippen molar-refractivity contribution in [1.82, 2.24) is 5.32 Å². The van der Waals surface area contributed by atoms with Crippen LogP contribution in [0.2, 0.25) is 0 Å². The van der Waals surface area contributed by atoms with Gasteiger partial charge in [0.2, 0.25) is 0 Å². The summed E-state index contributed by atoms with van der Waals surface area (Å²) in [6.45, 7) is 5.83. The van der Waals surface area contributed by atoms with E-state index >= 15 is 0 Å². The fourth-order valence-electron chi connectivity index (χ4n) is 3.50. The summed E-state index contributed by atoms with van der Waals surface area (Å²) in [5.41, 5.74) is 2.65. The summed E-state index contributed by atoms with van der Waals surface area (Å²) >= 11 is 0. The number of benzene rings is 1. The Morgan fingerprint density at radius 3 is 2.52 bits per heavy atom. The molecule has 0 bridgehead atoms. The molecule has 0 heterocycles. The first-order chi connectivity index (χ1) is 10.1. The van der Waals surface area contributed by atoms with E-state index in [0.29, 0.717) is 6.04 Å². The highest BCUT2D eigenvalue weighted by atomic mass is 15.1. The van der Waals surface area contributed by atoms with Crippen molar-refractivity contribution >= 4 is 5.69 Å². The molecule has 0 aromatic heterocycles. The number of nitrogens with zero attached hydrogens (tertiary/aromatic N) is 1. The zero-order valence-electron chi connectivity index (χ0n) is 14.2. The van der Waals surface area contributed by atoms with Crippen molar-refractivity contribution in [1.29, 1.82) is 0 Å². The number of hydrogen-bond donors (Lipinski definition) is 1. The van der Waals surface area contributed by atoms with Crippen molar-refractivity contribution in [2.24, 2.45) is 11.8 Å². The Morgan fingerprint density at radius 2 is 1.90 bits per heavy atom. The van der Waals surface area contributed by atoms with Gasteiger partial charge in [-0.1, -0.05) is 38.3 Å². The maximum absolute atomic E-state index is 3.70. The Kier molecular flexibility index (Phi) is 6.10. The lowest BCUT2D eigenvalue weighted by molar-refractivity contribution is 0.265. The van der Waals surface area contributed by atoms with Gasteiger partial charge in [-0.3, -0.25) is 0 Å². The lowest BCUT2D eigenvalue weighted by atomic mass is 9.81. The lowest BCUT2D eigenvalue weighted by Gasteiger charge is -2.27. The second-order valence-corrected chi connectivity index (χ2v) is 7.09. The van der Waals surface area contributed by atoms with E-state index in [1.54, 1.807) is 0 Å². The van der Waals surface area contributed by atoms with Crippen LogP contribution in [0.25, 0.3) is 0 Å². The third-order valence-electron chi connectivity index (χ3n) is 4.96. The Bertz CT molecular complexity index is 410. The van der Waals surface area contributed by atoms with E-state index in [0.717, 1.165) is 18.4 Å². The Balaban J connectivity index is 1.75. The molecule has 21 heavy (non-hydrogen) atoms. The summed E-state index contributed by atoms with van der Waals surface area (Å²) in [5.74, 6) is 1.89. The van der Waals surface area contributed by atoms with Crippen LogP contribution in [0.1, 0.15) is 57.6 Å². The number of hydrogen-bond acceptors (Lipinski definition) is 2. The molecule has 1 aliphatic rings. The maximum Gasteiger partial charge on any atom is 0.0361 e. The third-order valence-corrected chi connectivity index (χ3v) is 4.96. The van der Waals surface area contributed by atoms with Crippen molar-refractivity contribution < 1.29 is 0 Å². The highest BCUT2D eigenvalue weighted by Crippen LogP contribution is 2.30. The fraction of sp³-hybridized carbons (Fsp3) is 0.684. The largest absolute Gasteiger partial charge is 0.378 e. The molecule has 1 fully saturated rings. The maximum atomic E-state index is 3.70. The molecule has 0 amide bonds. The fourth-order valence-corrected chi connectivity index (χ4v) is 3.50.